The van der Waals surface area contributed by atoms with Crippen LogP contribution in [0, 0.1) is 5.92 Å². The van der Waals surface area contributed by atoms with Crippen molar-refractivity contribution in [3.8, 4) is 0 Å². The van der Waals surface area contributed by atoms with Crippen LogP contribution in [0.4, 0.5) is 5.13 Å². The summed E-state index contributed by atoms with van der Waals surface area (Å²) in [6.45, 7) is 2.10. The number of aromatic nitrogens is 1. The molecule has 3 N–H and O–H groups in total. The van der Waals surface area contributed by atoms with Crippen LogP contribution in [0.3, 0.4) is 0 Å². The lowest BCUT2D eigenvalue weighted by Gasteiger charge is -2.26. The Hall–Kier alpha value is -1.63. The number of nitrogen functional groups attached to an aromatic ring is 1. The van der Waals surface area contributed by atoms with E-state index in [-0.39, 0.29) is 17.5 Å². The molecule has 0 radical (unpaired) electrons. The topological polar surface area (TPSA) is 97.8 Å². The normalized spacial score (nSPS) is 24.2. The van der Waals surface area contributed by atoms with Crippen LogP contribution in [0.2, 0.25) is 0 Å². The average Bonchev–Trinajstić information content (AvgIpc) is 2.78. The molecule has 0 aliphatic heterocycles. The molecule has 0 saturated heterocycles. The molecule has 0 bridgehead atoms. The van der Waals surface area contributed by atoms with Gasteiger partial charge in [-0.3, -0.25) is 0 Å². The second-order valence-corrected chi connectivity index (χ2v) is 5.61. The van der Waals surface area contributed by atoms with Gasteiger partial charge in [-0.2, -0.15) is 0 Å². The molecule has 1 fully saturated rings. The average molecular weight is 283 g/mol. The van der Waals surface area contributed by atoms with Gasteiger partial charge in [-0.05, 0) is 25.2 Å². The van der Waals surface area contributed by atoms with E-state index in [9.17, 15) is 4.79 Å². The molecule has 7 heteroatoms. The zero-order chi connectivity index (χ0) is 13.8. The highest BCUT2D eigenvalue weighted by Gasteiger charge is 2.24. The third-order valence-corrected chi connectivity index (χ3v) is 3.95. The molecule has 1 saturated carbocycles. The van der Waals surface area contributed by atoms with Crippen LogP contribution in [0.25, 0.3) is 0 Å². The van der Waals surface area contributed by atoms with Crippen molar-refractivity contribution in [1.82, 2.24) is 4.98 Å². The third-order valence-electron chi connectivity index (χ3n) is 3.28. The molecule has 2 atom stereocenters. The van der Waals surface area contributed by atoms with Crippen molar-refractivity contribution in [3.05, 3.63) is 11.1 Å². The predicted molar refractivity (Wildman–Crippen MR) is 73.2 cm³/mol. The van der Waals surface area contributed by atoms with E-state index in [1.165, 1.54) is 17.8 Å². The Balaban J connectivity index is 2.11. The lowest BCUT2D eigenvalue weighted by Crippen LogP contribution is -2.25. The Morgan fingerprint density at radius 3 is 2.89 bits per heavy atom. The van der Waals surface area contributed by atoms with E-state index in [0.29, 0.717) is 11.0 Å². The van der Waals surface area contributed by atoms with Gasteiger partial charge < -0.3 is 15.7 Å². The van der Waals surface area contributed by atoms with Crippen LogP contribution in [0.1, 0.15) is 38.3 Å². The van der Waals surface area contributed by atoms with Crippen molar-refractivity contribution in [2.75, 3.05) is 5.73 Å². The van der Waals surface area contributed by atoms with Crippen LogP contribution in [0.5, 0.6) is 0 Å². The fourth-order valence-electron chi connectivity index (χ4n) is 2.15. The van der Waals surface area contributed by atoms with Gasteiger partial charge in [-0.1, -0.05) is 18.5 Å². The summed E-state index contributed by atoms with van der Waals surface area (Å²) in [6.07, 6.45) is 4.28. The van der Waals surface area contributed by atoms with Gasteiger partial charge in [0, 0.05) is 5.38 Å². The number of nitrogens with two attached hydrogens (primary N) is 1. The molecule has 0 unspecified atom stereocenters. The number of carboxylic acid groups (broad SMARTS) is 1. The maximum absolute atomic E-state index is 11.2. The van der Waals surface area contributed by atoms with Crippen LogP contribution >= 0.6 is 11.3 Å². The number of hydrogen-bond donors (Lipinski definition) is 2. The standard InChI is InChI=1S/C12H17N3O3S/c1-7-4-2-3-5-9(7)18-15-10(11(16)17)8-6-19-12(13)14-8/h6-7,9H,2-5H2,1H3,(H2,13,14)(H,16,17)/b15-10-/t7-,9-/m1/s1. The number of nitrogens with zero attached hydrogens (tertiary/aromatic N) is 2. The Bertz CT molecular complexity index is 486. The van der Waals surface area contributed by atoms with Crippen molar-refractivity contribution < 1.29 is 14.7 Å². The van der Waals surface area contributed by atoms with E-state index in [1.807, 2.05) is 0 Å². The van der Waals surface area contributed by atoms with Crippen molar-refractivity contribution >= 4 is 28.1 Å². The van der Waals surface area contributed by atoms with E-state index >= 15 is 0 Å². The van der Waals surface area contributed by atoms with Gasteiger partial charge in [-0.25, -0.2) is 9.78 Å². The summed E-state index contributed by atoms with van der Waals surface area (Å²) < 4.78 is 0. The number of carbonyl (C=O) groups is 1. The summed E-state index contributed by atoms with van der Waals surface area (Å²) in [5.74, 6) is -0.762. The van der Waals surface area contributed by atoms with Crippen LogP contribution < -0.4 is 5.73 Å². The second-order valence-electron chi connectivity index (χ2n) is 4.72. The van der Waals surface area contributed by atoms with Gasteiger partial charge in [0.25, 0.3) is 0 Å². The largest absolute Gasteiger partial charge is 0.476 e. The van der Waals surface area contributed by atoms with Crippen LogP contribution in [-0.4, -0.2) is 27.9 Å². The molecule has 1 aliphatic carbocycles. The zero-order valence-electron chi connectivity index (χ0n) is 10.7. The molecular weight excluding hydrogens is 266 g/mol. The van der Waals surface area contributed by atoms with Crippen molar-refractivity contribution in [1.29, 1.82) is 0 Å². The number of oxime groups is 1. The Kier molecular flexibility index (Phi) is 4.36. The first-order chi connectivity index (χ1) is 9.08. The lowest BCUT2D eigenvalue weighted by molar-refractivity contribution is -0.129. The minimum atomic E-state index is -1.16. The smallest absolute Gasteiger partial charge is 0.360 e. The van der Waals surface area contributed by atoms with Gasteiger partial charge in [0.1, 0.15) is 11.8 Å². The molecule has 0 spiro atoms. The number of rotatable bonds is 4. The fourth-order valence-corrected chi connectivity index (χ4v) is 2.70. The molecule has 0 amide bonds. The molecule has 1 aliphatic rings. The third kappa shape index (κ3) is 3.44. The summed E-state index contributed by atoms with van der Waals surface area (Å²) in [5.41, 5.74) is 5.56. The van der Waals surface area contributed by atoms with Gasteiger partial charge in [-0.15, -0.1) is 11.3 Å². The molecule has 0 aromatic carbocycles. The van der Waals surface area contributed by atoms with E-state index < -0.39 is 5.97 Å². The summed E-state index contributed by atoms with van der Waals surface area (Å²) in [7, 11) is 0. The molecule has 6 nitrogen and oxygen atoms in total. The Morgan fingerprint density at radius 2 is 2.32 bits per heavy atom. The number of thiazole rings is 1. The fraction of sp³-hybridized carbons (Fsp3) is 0.583. The quantitative estimate of drug-likeness (QED) is 0.651. The molecule has 1 heterocycles. The zero-order valence-corrected chi connectivity index (χ0v) is 11.5. The lowest BCUT2D eigenvalue weighted by atomic mass is 9.88. The first-order valence-corrected chi connectivity index (χ1v) is 7.14. The van der Waals surface area contributed by atoms with Gasteiger partial charge >= 0.3 is 5.97 Å². The number of hydrogen-bond acceptors (Lipinski definition) is 6. The van der Waals surface area contributed by atoms with Gasteiger partial charge in [0.05, 0.1) is 0 Å². The van der Waals surface area contributed by atoms with E-state index in [1.54, 1.807) is 5.38 Å². The highest BCUT2D eigenvalue weighted by molar-refractivity contribution is 7.13. The summed E-state index contributed by atoms with van der Waals surface area (Å²) in [4.78, 5) is 20.5. The molecule has 104 valence electrons. The minimum Gasteiger partial charge on any atom is -0.476 e. The number of carboxylic acids is 1. The molecular formula is C12H17N3O3S. The van der Waals surface area contributed by atoms with Crippen LogP contribution in [0.15, 0.2) is 10.5 Å². The van der Waals surface area contributed by atoms with E-state index in [0.717, 1.165) is 19.3 Å². The van der Waals surface area contributed by atoms with Gasteiger partial charge in [0.2, 0.25) is 5.71 Å². The van der Waals surface area contributed by atoms with E-state index in [2.05, 4.69) is 17.1 Å². The number of aliphatic carboxylic acids is 1. The monoisotopic (exact) mass is 283 g/mol. The van der Waals surface area contributed by atoms with E-state index in [4.69, 9.17) is 15.7 Å². The first kappa shape index (κ1) is 13.8. The molecule has 2 rings (SSSR count). The maximum Gasteiger partial charge on any atom is 0.360 e. The molecule has 1 aromatic rings. The number of anilines is 1. The summed E-state index contributed by atoms with van der Waals surface area (Å²) >= 11 is 1.18. The summed E-state index contributed by atoms with van der Waals surface area (Å²) in [6, 6.07) is 0. The highest BCUT2D eigenvalue weighted by Crippen LogP contribution is 2.26. The Labute approximate surface area is 115 Å². The minimum absolute atomic E-state index is 0.0147. The second kappa shape index (κ2) is 6.01. The predicted octanol–water partition coefficient (Wildman–Crippen LogP) is 2.11. The van der Waals surface area contributed by atoms with Crippen molar-refractivity contribution in [2.45, 2.75) is 38.7 Å². The Morgan fingerprint density at radius 1 is 1.58 bits per heavy atom. The SMILES string of the molecule is C[C@@H]1CCCC[C@H]1O/N=C(\C(=O)O)c1csc(N)n1. The molecule has 19 heavy (non-hydrogen) atoms. The first-order valence-electron chi connectivity index (χ1n) is 6.26. The van der Waals surface area contributed by atoms with Crippen molar-refractivity contribution in [3.63, 3.8) is 0 Å². The maximum atomic E-state index is 11.2. The highest BCUT2D eigenvalue weighted by atomic mass is 32.1. The van der Waals surface area contributed by atoms with Gasteiger partial charge in [0.15, 0.2) is 5.13 Å². The van der Waals surface area contributed by atoms with Crippen LogP contribution in [-0.2, 0) is 9.63 Å². The van der Waals surface area contributed by atoms with Crippen molar-refractivity contribution in [2.24, 2.45) is 11.1 Å². The molecule has 1 aromatic heterocycles. The summed E-state index contributed by atoms with van der Waals surface area (Å²) in [5, 5.41) is 14.8.